The van der Waals surface area contributed by atoms with Crippen molar-refractivity contribution in [2.24, 2.45) is 0 Å². The third kappa shape index (κ3) is 4.69. The zero-order chi connectivity index (χ0) is 34.5. The summed E-state index contributed by atoms with van der Waals surface area (Å²) in [5.41, 5.74) is 14.1. The van der Waals surface area contributed by atoms with E-state index in [1.54, 1.807) is 0 Å². The van der Waals surface area contributed by atoms with Gasteiger partial charge in [-0.2, -0.15) is 0 Å². The average Bonchev–Trinajstić information content (AvgIpc) is 3.10. The molecule has 0 aliphatic carbocycles. The summed E-state index contributed by atoms with van der Waals surface area (Å²) in [6.07, 6.45) is 0. The fourth-order valence-electron chi connectivity index (χ4n) is 8.06. The molecule has 5 aromatic carbocycles. The number of para-hydroxylation sites is 2. The highest BCUT2D eigenvalue weighted by Gasteiger charge is 2.45. The van der Waals surface area contributed by atoms with Gasteiger partial charge in [-0.25, -0.2) is 0 Å². The fraction of sp³-hybridized carbons (Fsp3) is 0.302. The lowest BCUT2D eigenvalue weighted by Crippen LogP contribution is -2.61. The molecule has 0 unspecified atom stereocenters. The smallest absolute Gasteiger partial charge is 0.252 e. The van der Waals surface area contributed by atoms with Gasteiger partial charge in [0.25, 0.3) is 6.71 Å². The van der Waals surface area contributed by atoms with Crippen LogP contribution < -0.4 is 45.1 Å². The van der Waals surface area contributed by atoms with Crippen molar-refractivity contribution in [3.05, 3.63) is 102 Å². The third-order valence-electron chi connectivity index (χ3n) is 10.5. The van der Waals surface area contributed by atoms with Gasteiger partial charge >= 0.3 is 0 Å². The third-order valence-corrected chi connectivity index (χ3v) is 10.5. The van der Waals surface area contributed by atoms with Gasteiger partial charge < -0.3 is 28.7 Å². The van der Waals surface area contributed by atoms with Gasteiger partial charge in [0, 0.05) is 22.7 Å². The largest absolute Gasteiger partial charge is 0.486 e. The molecule has 252 valence electrons. The SMILES string of the molecule is Cc1cc2c3c(c1)N(c1cccc4c1OCCO4)c1ccc(C(C)(C)C)cc1B3c1cc(C(C)(C)C)ccc1N2c1cccc2c1OCCO2. The lowest BCUT2D eigenvalue weighted by molar-refractivity contribution is 0.172. The zero-order valence-electron chi connectivity index (χ0n) is 30.0. The van der Waals surface area contributed by atoms with E-state index in [0.717, 1.165) is 57.1 Å². The minimum atomic E-state index is -0.0314. The molecule has 0 radical (unpaired) electrons. The maximum Gasteiger partial charge on any atom is 0.252 e. The lowest BCUT2D eigenvalue weighted by Gasteiger charge is -2.45. The Kier molecular flexibility index (Phi) is 6.81. The number of rotatable bonds is 2. The number of hydrogen-bond donors (Lipinski definition) is 0. The summed E-state index contributed by atoms with van der Waals surface area (Å²) < 4.78 is 25.1. The zero-order valence-corrected chi connectivity index (χ0v) is 30.0. The van der Waals surface area contributed by atoms with Crippen LogP contribution in [0.25, 0.3) is 0 Å². The summed E-state index contributed by atoms with van der Waals surface area (Å²) in [5.74, 6) is 3.12. The van der Waals surface area contributed by atoms with Gasteiger partial charge in [-0.1, -0.05) is 77.9 Å². The monoisotopic (exact) mass is 662 g/mol. The summed E-state index contributed by atoms with van der Waals surface area (Å²) in [4.78, 5) is 4.82. The molecule has 0 amide bonds. The van der Waals surface area contributed by atoms with Crippen LogP contribution in [-0.2, 0) is 10.8 Å². The van der Waals surface area contributed by atoms with Gasteiger partial charge in [0.1, 0.15) is 26.4 Å². The second-order valence-corrected chi connectivity index (χ2v) is 16.0. The Balaban J connectivity index is 1.40. The molecular formula is C43H43BN2O4. The molecule has 7 heteroatoms. The molecule has 5 aromatic rings. The van der Waals surface area contributed by atoms with Crippen LogP contribution in [-0.4, -0.2) is 33.1 Å². The fourth-order valence-corrected chi connectivity index (χ4v) is 8.06. The number of fused-ring (bicyclic) bond motifs is 6. The van der Waals surface area contributed by atoms with E-state index in [1.807, 2.05) is 12.1 Å². The normalized spacial score (nSPS) is 15.7. The van der Waals surface area contributed by atoms with Gasteiger partial charge in [-0.15, -0.1) is 0 Å². The Bertz CT molecular complexity index is 2050. The van der Waals surface area contributed by atoms with Crippen molar-refractivity contribution in [3.63, 3.8) is 0 Å². The summed E-state index contributed by atoms with van der Waals surface area (Å²) in [6, 6.07) is 31.3. The van der Waals surface area contributed by atoms with Gasteiger partial charge in [0.15, 0.2) is 23.0 Å². The second kappa shape index (κ2) is 11.0. The minimum Gasteiger partial charge on any atom is -0.486 e. The van der Waals surface area contributed by atoms with E-state index in [0.29, 0.717) is 26.4 Å². The van der Waals surface area contributed by atoms with Crippen LogP contribution in [0.2, 0.25) is 0 Å². The molecule has 0 saturated heterocycles. The number of anilines is 6. The maximum atomic E-state index is 6.40. The van der Waals surface area contributed by atoms with Crippen LogP contribution >= 0.6 is 0 Å². The molecule has 0 atom stereocenters. The maximum absolute atomic E-state index is 6.40. The highest BCUT2D eigenvalue weighted by molar-refractivity contribution is 7.00. The summed E-state index contributed by atoms with van der Waals surface area (Å²) in [7, 11) is 0. The van der Waals surface area contributed by atoms with Crippen molar-refractivity contribution < 1.29 is 18.9 Å². The molecule has 0 aromatic heterocycles. The first kappa shape index (κ1) is 31.0. The Morgan fingerprint density at radius 1 is 0.500 bits per heavy atom. The van der Waals surface area contributed by atoms with E-state index in [4.69, 9.17) is 18.9 Å². The van der Waals surface area contributed by atoms with Crippen molar-refractivity contribution in [2.45, 2.75) is 59.3 Å². The van der Waals surface area contributed by atoms with Gasteiger partial charge in [0.05, 0.1) is 11.4 Å². The van der Waals surface area contributed by atoms with E-state index in [1.165, 1.54) is 33.1 Å². The first-order valence-electron chi connectivity index (χ1n) is 17.8. The first-order chi connectivity index (χ1) is 24.0. The van der Waals surface area contributed by atoms with E-state index in [9.17, 15) is 0 Å². The van der Waals surface area contributed by atoms with E-state index < -0.39 is 0 Å². The average molecular weight is 663 g/mol. The van der Waals surface area contributed by atoms with Crippen LogP contribution in [0.15, 0.2) is 84.9 Å². The highest BCUT2D eigenvalue weighted by Crippen LogP contribution is 2.51. The van der Waals surface area contributed by atoms with Crippen LogP contribution in [0.3, 0.4) is 0 Å². The van der Waals surface area contributed by atoms with Crippen molar-refractivity contribution in [1.29, 1.82) is 0 Å². The molecule has 50 heavy (non-hydrogen) atoms. The van der Waals surface area contributed by atoms with E-state index in [2.05, 4.69) is 131 Å². The van der Waals surface area contributed by atoms with Crippen molar-refractivity contribution >= 4 is 57.2 Å². The highest BCUT2D eigenvalue weighted by atomic mass is 16.6. The number of ether oxygens (including phenoxy) is 4. The molecule has 0 N–H and O–H groups in total. The number of benzene rings is 5. The predicted molar refractivity (Wildman–Crippen MR) is 205 cm³/mol. The van der Waals surface area contributed by atoms with Crippen LogP contribution in [0, 0.1) is 6.92 Å². The van der Waals surface area contributed by atoms with Gasteiger partial charge in [-0.3, -0.25) is 0 Å². The first-order valence-corrected chi connectivity index (χ1v) is 17.8. The molecule has 0 saturated carbocycles. The lowest BCUT2D eigenvalue weighted by atomic mass is 9.33. The molecule has 0 fully saturated rings. The molecule has 4 heterocycles. The minimum absolute atomic E-state index is 0.00360. The number of hydrogen-bond acceptors (Lipinski definition) is 6. The predicted octanol–water partition coefficient (Wildman–Crippen LogP) is 8.22. The van der Waals surface area contributed by atoms with E-state index in [-0.39, 0.29) is 17.5 Å². The molecule has 0 bridgehead atoms. The molecule has 4 aliphatic heterocycles. The Hall–Kier alpha value is -5.04. The molecular weight excluding hydrogens is 619 g/mol. The molecule has 6 nitrogen and oxygen atoms in total. The topological polar surface area (TPSA) is 43.4 Å². The van der Waals surface area contributed by atoms with Crippen LogP contribution in [0.1, 0.15) is 58.2 Å². The molecule has 0 spiro atoms. The van der Waals surface area contributed by atoms with Crippen LogP contribution in [0.5, 0.6) is 23.0 Å². The van der Waals surface area contributed by atoms with Crippen LogP contribution in [0.4, 0.5) is 34.1 Å². The Morgan fingerprint density at radius 3 is 1.38 bits per heavy atom. The Morgan fingerprint density at radius 2 is 0.940 bits per heavy atom. The summed E-state index contributed by atoms with van der Waals surface area (Å²) in [6.45, 7) is 18.1. The van der Waals surface area contributed by atoms with Crippen molar-refractivity contribution in [2.75, 3.05) is 36.2 Å². The van der Waals surface area contributed by atoms with E-state index >= 15 is 0 Å². The Labute approximate surface area is 295 Å². The van der Waals surface area contributed by atoms with Gasteiger partial charge in [0.2, 0.25) is 0 Å². The number of aryl methyl sites for hydroxylation is 1. The summed E-state index contributed by atoms with van der Waals surface area (Å²) in [5, 5.41) is 0. The molecule has 4 aliphatic rings. The quantitative estimate of drug-likeness (QED) is 0.174. The molecule has 9 rings (SSSR count). The number of nitrogens with zero attached hydrogens (tertiary/aromatic N) is 2. The van der Waals surface area contributed by atoms with Crippen molar-refractivity contribution in [3.8, 4) is 23.0 Å². The second-order valence-electron chi connectivity index (χ2n) is 16.0. The summed E-state index contributed by atoms with van der Waals surface area (Å²) >= 11 is 0. The van der Waals surface area contributed by atoms with Crippen molar-refractivity contribution in [1.82, 2.24) is 0 Å². The van der Waals surface area contributed by atoms with Gasteiger partial charge in [-0.05, 0) is 99.4 Å². The standard InChI is InChI=1S/C43H43BN2O4/c1-26-22-35-39-36(23-26)46(34-11-9-13-38-41(34)50-21-19-48-38)32-17-15-28(43(5,6)7)25-30(32)44(39)29-24-27(42(2,3)4)14-16-31(29)45(35)33-10-8-12-37-40(33)49-20-18-47-37/h8-17,22-25H,18-21H2,1-7H3.